The van der Waals surface area contributed by atoms with Gasteiger partial charge in [-0.2, -0.15) is 5.10 Å². The quantitative estimate of drug-likeness (QED) is 0.415. The summed E-state index contributed by atoms with van der Waals surface area (Å²) in [7, 11) is 0. The molecule has 5 nitrogen and oxygen atoms in total. The van der Waals surface area contributed by atoms with Gasteiger partial charge in [-0.15, -0.1) is 0 Å². The number of hydrogen-bond acceptors (Lipinski definition) is 2. The Morgan fingerprint density at radius 3 is 2.63 bits per heavy atom. The van der Waals surface area contributed by atoms with Gasteiger partial charge in [-0.3, -0.25) is 4.79 Å². The van der Waals surface area contributed by atoms with Crippen molar-refractivity contribution in [2.45, 2.75) is 13.8 Å². The van der Waals surface area contributed by atoms with Crippen molar-refractivity contribution in [2.75, 3.05) is 0 Å². The highest BCUT2D eigenvalue weighted by molar-refractivity contribution is 6.06. The van der Waals surface area contributed by atoms with Crippen LogP contribution in [0.2, 0.25) is 0 Å². The van der Waals surface area contributed by atoms with E-state index < -0.39 is 0 Å². The molecule has 0 atom stereocenters. The SMILES string of the molecule is Cc1cc(/C=N/NC(=O)c2c[nH]c3ccccc23)c(C)n1-c1ccccc1. The summed E-state index contributed by atoms with van der Waals surface area (Å²) >= 11 is 0. The molecule has 0 bridgehead atoms. The van der Waals surface area contributed by atoms with Crippen LogP contribution in [-0.4, -0.2) is 21.7 Å². The first-order valence-electron chi connectivity index (χ1n) is 8.79. The zero-order valence-electron chi connectivity index (χ0n) is 15.2. The second-order valence-electron chi connectivity index (χ2n) is 6.44. The van der Waals surface area contributed by atoms with Gasteiger partial charge in [0.25, 0.3) is 5.91 Å². The predicted molar refractivity (Wildman–Crippen MR) is 109 cm³/mol. The Labute approximate surface area is 157 Å². The molecule has 0 saturated heterocycles. The van der Waals surface area contributed by atoms with E-state index in [9.17, 15) is 4.79 Å². The second kappa shape index (κ2) is 6.96. The van der Waals surface area contributed by atoms with Crippen LogP contribution in [0.3, 0.4) is 0 Å². The van der Waals surface area contributed by atoms with Crippen LogP contribution in [0.4, 0.5) is 0 Å². The number of nitrogens with zero attached hydrogens (tertiary/aromatic N) is 2. The van der Waals surface area contributed by atoms with Crippen molar-refractivity contribution >= 4 is 23.0 Å². The Kier molecular flexibility index (Phi) is 4.34. The molecule has 4 aromatic rings. The lowest BCUT2D eigenvalue weighted by atomic mass is 10.2. The first-order chi connectivity index (χ1) is 13.1. The fourth-order valence-corrected chi connectivity index (χ4v) is 3.37. The molecule has 5 heteroatoms. The van der Waals surface area contributed by atoms with Crippen molar-refractivity contribution in [3.05, 3.63) is 89.4 Å². The third-order valence-electron chi connectivity index (χ3n) is 4.69. The minimum atomic E-state index is -0.236. The molecule has 0 aliphatic rings. The number of aryl methyl sites for hydroxylation is 1. The number of carbonyl (C=O) groups excluding carboxylic acids is 1. The van der Waals surface area contributed by atoms with Crippen LogP contribution in [0, 0.1) is 13.8 Å². The molecule has 2 N–H and O–H groups in total. The largest absolute Gasteiger partial charge is 0.360 e. The van der Waals surface area contributed by atoms with Crippen LogP contribution in [0.25, 0.3) is 16.6 Å². The number of carbonyl (C=O) groups is 1. The van der Waals surface area contributed by atoms with Gasteiger partial charge in [-0.1, -0.05) is 36.4 Å². The Bertz CT molecular complexity index is 1140. The molecular weight excluding hydrogens is 336 g/mol. The molecule has 0 aliphatic carbocycles. The maximum absolute atomic E-state index is 12.4. The van der Waals surface area contributed by atoms with E-state index in [1.54, 1.807) is 12.4 Å². The highest BCUT2D eigenvalue weighted by atomic mass is 16.2. The number of H-pyrrole nitrogens is 1. The minimum Gasteiger partial charge on any atom is -0.360 e. The molecule has 0 saturated carbocycles. The summed E-state index contributed by atoms with van der Waals surface area (Å²) in [4.78, 5) is 15.5. The number of hydrazone groups is 1. The summed E-state index contributed by atoms with van der Waals surface area (Å²) < 4.78 is 2.17. The molecule has 0 fully saturated rings. The molecule has 2 aromatic heterocycles. The maximum atomic E-state index is 12.4. The first-order valence-corrected chi connectivity index (χ1v) is 8.79. The molecule has 4 rings (SSSR count). The Morgan fingerprint density at radius 1 is 1.07 bits per heavy atom. The Morgan fingerprint density at radius 2 is 1.81 bits per heavy atom. The molecule has 134 valence electrons. The molecule has 0 aliphatic heterocycles. The number of rotatable bonds is 4. The zero-order valence-corrected chi connectivity index (χ0v) is 15.2. The lowest BCUT2D eigenvalue weighted by Crippen LogP contribution is -2.17. The van der Waals surface area contributed by atoms with Crippen molar-refractivity contribution in [3.63, 3.8) is 0 Å². The molecule has 27 heavy (non-hydrogen) atoms. The van der Waals surface area contributed by atoms with Crippen molar-refractivity contribution < 1.29 is 4.79 Å². The Balaban J connectivity index is 1.55. The van der Waals surface area contributed by atoms with Gasteiger partial charge in [-0.05, 0) is 38.1 Å². The van der Waals surface area contributed by atoms with E-state index in [0.29, 0.717) is 5.56 Å². The summed E-state index contributed by atoms with van der Waals surface area (Å²) in [5, 5.41) is 5.04. The van der Waals surface area contributed by atoms with Crippen molar-refractivity contribution in [2.24, 2.45) is 5.10 Å². The van der Waals surface area contributed by atoms with Gasteiger partial charge in [0.15, 0.2) is 0 Å². The number of amides is 1. The molecule has 0 unspecified atom stereocenters. The number of nitrogens with one attached hydrogen (secondary N) is 2. The minimum absolute atomic E-state index is 0.236. The monoisotopic (exact) mass is 356 g/mol. The number of aromatic amines is 1. The molecule has 1 amide bonds. The summed E-state index contributed by atoms with van der Waals surface area (Å²) in [6, 6.07) is 19.9. The van der Waals surface area contributed by atoms with Gasteiger partial charge in [-0.25, -0.2) is 5.43 Å². The maximum Gasteiger partial charge on any atom is 0.273 e. The van der Waals surface area contributed by atoms with Crippen LogP contribution < -0.4 is 5.43 Å². The zero-order chi connectivity index (χ0) is 18.8. The first kappa shape index (κ1) is 16.8. The van der Waals surface area contributed by atoms with Gasteiger partial charge in [0.05, 0.1) is 11.8 Å². The van der Waals surface area contributed by atoms with E-state index in [-0.39, 0.29) is 5.91 Å². The molecule has 2 aromatic carbocycles. The summed E-state index contributed by atoms with van der Waals surface area (Å²) in [6.07, 6.45) is 3.39. The van der Waals surface area contributed by atoms with Gasteiger partial charge < -0.3 is 9.55 Å². The van der Waals surface area contributed by atoms with Gasteiger partial charge >= 0.3 is 0 Å². The van der Waals surface area contributed by atoms with E-state index >= 15 is 0 Å². The summed E-state index contributed by atoms with van der Waals surface area (Å²) in [5.41, 5.74) is 8.39. The van der Waals surface area contributed by atoms with Gasteiger partial charge in [0, 0.05) is 39.7 Å². The van der Waals surface area contributed by atoms with E-state index in [2.05, 4.69) is 45.2 Å². The van der Waals surface area contributed by atoms with E-state index in [4.69, 9.17) is 0 Å². The average molecular weight is 356 g/mol. The average Bonchev–Trinajstić information content (AvgIpc) is 3.23. The predicted octanol–water partition coefficient (Wildman–Crippen LogP) is 4.34. The summed E-state index contributed by atoms with van der Waals surface area (Å²) in [5.74, 6) is -0.236. The fraction of sp³-hybridized carbons (Fsp3) is 0.0909. The number of para-hydroxylation sites is 2. The van der Waals surface area contributed by atoms with Gasteiger partial charge in [0.2, 0.25) is 0 Å². The van der Waals surface area contributed by atoms with Crippen molar-refractivity contribution in [1.29, 1.82) is 0 Å². The van der Waals surface area contributed by atoms with E-state index in [0.717, 1.165) is 33.5 Å². The fourth-order valence-electron chi connectivity index (χ4n) is 3.37. The Hall–Kier alpha value is -3.60. The molecule has 2 heterocycles. The van der Waals surface area contributed by atoms with Crippen molar-refractivity contribution in [1.82, 2.24) is 15.0 Å². The van der Waals surface area contributed by atoms with Crippen LogP contribution in [0.15, 0.2) is 72.0 Å². The second-order valence-corrected chi connectivity index (χ2v) is 6.44. The van der Waals surface area contributed by atoms with E-state index in [1.807, 2.05) is 49.4 Å². The highest BCUT2D eigenvalue weighted by Crippen LogP contribution is 2.20. The third kappa shape index (κ3) is 3.15. The molecular formula is C22H20N4O. The number of benzene rings is 2. The van der Waals surface area contributed by atoms with Crippen LogP contribution in [0.1, 0.15) is 27.3 Å². The van der Waals surface area contributed by atoms with Gasteiger partial charge in [0.1, 0.15) is 0 Å². The standard InChI is InChI=1S/C22H20N4O/c1-15-12-17(16(2)26(15)18-8-4-3-5-9-18)13-24-25-22(27)20-14-23-21-11-7-6-10-19(20)21/h3-14,23H,1-2H3,(H,25,27)/b24-13+. The molecule has 0 spiro atoms. The van der Waals surface area contributed by atoms with Crippen molar-refractivity contribution in [3.8, 4) is 5.69 Å². The topological polar surface area (TPSA) is 62.2 Å². The van der Waals surface area contributed by atoms with Crippen LogP contribution in [0.5, 0.6) is 0 Å². The molecule has 0 radical (unpaired) electrons. The lowest BCUT2D eigenvalue weighted by molar-refractivity contribution is 0.0957. The van der Waals surface area contributed by atoms with Crippen LogP contribution >= 0.6 is 0 Å². The third-order valence-corrected chi connectivity index (χ3v) is 4.69. The van der Waals surface area contributed by atoms with Crippen LogP contribution in [-0.2, 0) is 0 Å². The number of hydrogen-bond donors (Lipinski definition) is 2. The highest BCUT2D eigenvalue weighted by Gasteiger charge is 2.11. The number of fused-ring (bicyclic) bond motifs is 1. The van der Waals surface area contributed by atoms with E-state index in [1.165, 1.54) is 0 Å². The summed E-state index contributed by atoms with van der Waals surface area (Å²) in [6.45, 7) is 4.10. The number of aromatic nitrogens is 2. The normalized spacial score (nSPS) is 11.3. The smallest absolute Gasteiger partial charge is 0.273 e. The lowest BCUT2D eigenvalue weighted by Gasteiger charge is -2.08.